The molecule has 1 aliphatic heterocycles. The summed E-state index contributed by atoms with van der Waals surface area (Å²) in [5.74, 6) is -0.0492. The number of benzene rings is 1. The van der Waals surface area contributed by atoms with Gasteiger partial charge in [-0.1, -0.05) is 24.3 Å². The van der Waals surface area contributed by atoms with E-state index in [-0.39, 0.29) is 23.3 Å². The van der Waals surface area contributed by atoms with Crippen LogP contribution in [0.3, 0.4) is 0 Å². The molecule has 0 spiro atoms. The Morgan fingerprint density at radius 2 is 1.97 bits per heavy atom. The van der Waals surface area contributed by atoms with Gasteiger partial charge < -0.3 is 10.1 Å². The minimum Gasteiger partial charge on any atom is -0.379 e. The zero-order valence-corrected chi connectivity index (χ0v) is 19.0. The lowest BCUT2D eigenvalue weighted by Gasteiger charge is -2.26. The van der Waals surface area contributed by atoms with E-state index >= 15 is 0 Å². The van der Waals surface area contributed by atoms with Crippen molar-refractivity contribution in [2.75, 3.05) is 26.3 Å². The molecule has 1 atom stereocenters. The van der Waals surface area contributed by atoms with Crippen molar-refractivity contribution in [2.45, 2.75) is 57.0 Å². The molecule has 0 saturated carbocycles. The highest BCUT2D eigenvalue weighted by atomic mass is 32.2. The Hall–Kier alpha value is -2.23. The molecule has 4 rings (SSSR count). The average Bonchev–Trinajstić information content (AvgIpc) is 3.07. The van der Waals surface area contributed by atoms with Gasteiger partial charge in [-0.25, -0.2) is 8.42 Å². The summed E-state index contributed by atoms with van der Waals surface area (Å²) in [5.41, 5.74) is 3.54. The number of nitrogens with one attached hydrogen (secondary N) is 1. The monoisotopic (exact) mass is 446 g/mol. The second kappa shape index (κ2) is 9.10. The second-order valence-electron chi connectivity index (χ2n) is 8.20. The molecular formula is C22H30N4O4S. The van der Waals surface area contributed by atoms with Crippen molar-refractivity contribution in [2.24, 2.45) is 0 Å². The second-order valence-corrected chi connectivity index (χ2v) is 10.1. The Morgan fingerprint density at radius 3 is 2.74 bits per heavy atom. The van der Waals surface area contributed by atoms with Crippen LogP contribution in [0.1, 0.15) is 47.8 Å². The van der Waals surface area contributed by atoms with Crippen LogP contribution in [0.25, 0.3) is 0 Å². The third kappa shape index (κ3) is 4.53. The van der Waals surface area contributed by atoms with Crippen LogP contribution < -0.4 is 5.32 Å². The maximum Gasteiger partial charge on any atom is 0.246 e. The Morgan fingerprint density at radius 1 is 1.23 bits per heavy atom. The van der Waals surface area contributed by atoms with Gasteiger partial charge in [-0.2, -0.15) is 9.40 Å². The van der Waals surface area contributed by atoms with Crippen molar-refractivity contribution >= 4 is 15.9 Å². The number of nitrogens with zero attached hydrogens (tertiary/aromatic N) is 3. The van der Waals surface area contributed by atoms with Crippen LogP contribution in [0.15, 0.2) is 29.2 Å². The Kier molecular flexibility index (Phi) is 6.45. The van der Waals surface area contributed by atoms with Crippen LogP contribution in [0.5, 0.6) is 0 Å². The number of morpholine rings is 1. The molecule has 1 aromatic heterocycles. The van der Waals surface area contributed by atoms with Gasteiger partial charge in [0.25, 0.3) is 0 Å². The van der Waals surface area contributed by atoms with E-state index in [1.807, 2.05) is 12.1 Å². The van der Waals surface area contributed by atoms with E-state index < -0.39 is 10.0 Å². The number of amides is 1. The van der Waals surface area contributed by atoms with Gasteiger partial charge in [0.1, 0.15) is 4.90 Å². The van der Waals surface area contributed by atoms with Gasteiger partial charge in [-0.3, -0.25) is 9.48 Å². The number of hydrogen-bond acceptors (Lipinski definition) is 5. The van der Waals surface area contributed by atoms with E-state index in [9.17, 15) is 13.2 Å². The normalized spacial score (nSPS) is 19.7. The standard InChI is InChI=1S/C22H30N4O4S/c1-16-22(31(28,29)25-12-14-30-15-13-25)17(2)26(24-16)11-10-21(27)23-20-9-5-7-18-6-3-4-8-19(18)20/h3-4,6,8,20H,5,7,9-15H2,1-2H3,(H,23,27)/t20-/m1/s1. The van der Waals surface area contributed by atoms with Crippen LogP contribution in [-0.4, -0.2) is 54.7 Å². The molecule has 31 heavy (non-hydrogen) atoms. The maximum absolute atomic E-state index is 13.1. The lowest BCUT2D eigenvalue weighted by Crippen LogP contribution is -2.41. The smallest absolute Gasteiger partial charge is 0.246 e. The molecule has 1 fully saturated rings. The zero-order chi connectivity index (χ0) is 22.0. The third-order valence-corrected chi connectivity index (χ3v) is 8.29. The van der Waals surface area contributed by atoms with Gasteiger partial charge in [0.05, 0.1) is 37.2 Å². The summed E-state index contributed by atoms with van der Waals surface area (Å²) in [6.07, 6.45) is 3.29. The van der Waals surface area contributed by atoms with Gasteiger partial charge in [-0.15, -0.1) is 0 Å². The quantitative estimate of drug-likeness (QED) is 0.734. The molecule has 2 aliphatic rings. The zero-order valence-electron chi connectivity index (χ0n) is 18.1. The largest absolute Gasteiger partial charge is 0.379 e. The Bertz CT molecular complexity index is 1060. The molecule has 9 heteroatoms. The minimum atomic E-state index is -3.63. The molecule has 2 heterocycles. The molecule has 1 saturated heterocycles. The predicted molar refractivity (Wildman–Crippen MR) is 116 cm³/mol. The average molecular weight is 447 g/mol. The van der Waals surface area contributed by atoms with E-state index in [2.05, 4.69) is 22.5 Å². The maximum atomic E-state index is 13.1. The molecule has 2 aromatic rings. The number of rotatable bonds is 6. The van der Waals surface area contributed by atoms with Gasteiger partial charge in [-0.05, 0) is 44.2 Å². The van der Waals surface area contributed by atoms with Gasteiger partial charge in [0.15, 0.2) is 0 Å². The summed E-state index contributed by atoms with van der Waals surface area (Å²) < 4.78 is 34.6. The Balaban J connectivity index is 1.43. The number of carbonyl (C=O) groups excluding carboxylic acids is 1. The van der Waals surface area contributed by atoms with Crippen LogP contribution in [-0.2, 0) is 32.5 Å². The number of sulfonamides is 1. The molecule has 0 bridgehead atoms. The summed E-state index contributed by atoms with van der Waals surface area (Å²) in [6, 6.07) is 8.29. The molecule has 0 unspecified atom stereocenters. The first-order valence-corrected chi connectivity index (χ1v) is 12.3. The van der Waals surface area contributed by atoms with Crippen LogP contribution >= 0.6 is 0 Å². The summed E-state index contributed by atoms with van der Waals surface area (Å²) in [4.78, 5) is 12.9. The number of fused-ring (bicyclic) bond motifs is 1. The molecule has 0 radical (unpaired) electrons. The summed E-state index contributed by atoms with van der Waals surface area (Å²) in [5, 5.41) is 7.57. The molecule has 1 amide bonds. The number of hydrogen-bond donors (Lipinski definition) is 1. The fourth-order valence-corrected chi connectivity index (χ4v) is 6.35. The lowest BCUT2D eigenvalue weighted by molar-refractivity contribution is -0.122. The lowest BCUT2D eigenvalue weighted by atomic mass is 9.88. The van der Waals surface area contributed by atoms with Crippen molar-refractivity contribution in [1.82, 2.24) is 19.4 Å². The fraction of sp³-hybridized carbons (Fsp3) is 0.545. The molecule has 1 N–H and O–H groups in total. The van der Waals surface area contributed by atoms with Crippen molar-refractivity contribution in [1.29, 1.82) is 0 Å². The van der Waals surface area contributed by atoms with Crippen LogP contribution in [0.4, 0.5) is 0 Å². The van der Waals surface area contributed by atoms with E-state index in [0.29, 0.717) is 44.2 Å². The van der Waals surface area contributed by atoms with Gasteiger partial charge in [0.2, 0.25) is 15.9 Å². The number of ether oxygens (including phenoxy) is 1. The van der Waals surface area contributed by atoms with Crippen molar-refractivity contribution in [3.8, 4) is 0 Å². The highest BCUT2D eigenvalue weighted by Gasteiger charge is 2.32. The first-order chi connectivity index (χ1) is 14.9. The highest BCUT2D eigenvalue weighted by molar-refractivity contribution is 7.89. The molecule has 168 valence electrons. The summed E-state index contributed by atoms with van der Waals surface area (Å²) in [6.45, 7) is 5.28. The molecule has 1 aromatic carbocycles. The molecule has 8 nitrogen and oxygen atoms in total. The van der Waals surface area contributed by atoms with Crippen molar-refractivity contribution in [3.63, 3.8) is 0 Å². The summed E-state index contributed by atoms with van der Waals surface area (Å²) in [7, 11) is -3.63. The fourth-order valence-electron chi connectivity index (χ4n) is 4.57. The van der Waals surface area contributed by atoms with Crippen molar-refractivity contribution < 1.29 is 17.9 Å². The third-order valence-electron chi connectivity index (χ3n) is 6.14. The first kappa shape index (κ1) is 22.0. The number of carbonyl (C=O) groups is 1. The SMILES string of the molecule is Cc1nn(CCC(=O)N[C@@H]2CCCc3ccccc32)c(C)c1S(=O)(=O)N1CCOCC1. The van der Waals surface area contributed by atoms with Crippen molar-refractivity contribution in [3.05, 3.63) is 46.8 Å². The molecular weight excluding hydrogens is 416 g/mol. The van der Waals surface area contributed by atoms with Gasteiger partial charge >= 0.3 is 0 Å². The highest BCUT2D eigenvalue weighted by Crippen LogP contribution is 2.29. The van der Waals surface area contributed by atoms with E-state index in [4.69, 9.17) is 4.74 Å². The van der Waals surface area contributed by atoms with E-state index in [0.717, 1.165) is 19.3 Å². The van der Waals surface area contributed by atoms with Gasteiger partial charge in [0, 0.05) is 19.5 Å². The predicted octanol–water partition coefficient (Wildman–Crippen LogP) is 2.10. The summed E-state index contributed by atoms with van der Waals surface area (Å²) >= 11 is 0. The number of aryl methyl sites for hydroxylation is 3. The van der Waals surface area contributed by atoms with Crippen LogP contribution in [0.2, 0.25) is 0 Å². The van der Waals surface area contributed by atoms with Crippen LogP contribution in [0, 0.1) is 13.8 Å². The van der Waals surface area contributed by atoms with E-state index in [1.54, 1.807) is 18.5 Å². The van der Waals surface area contributed by atoms with E-state index in [1.165, 1.54) is 15.4 Å². The minimum absolute atomic E-state index is 0.0372. The first-order valence-electron chi connectivity index (χ1n) is 10.9. The topological polar surface area (TPSA) is 93.5 Å². The number of aromatic nitrogens is 2. The molecule has 1 aliphatic carbocycles. The Labute approximate surface area is 183 Å².